The Kier molecular flexibility index (Phi) is 2.72. The summed E-state index contributed by atoms with van der Waals surface area (Å²) >= 11 is 3.43. The molecule has 0 spiro atoms. The van der Waals surface area contributed by atoms with Gasteiger partial charge in [0.05, 0.1) is 11.4 Å². The molecule has 4 nitrogen and oxygen atoms in total. The van der Waals surface area contributed by atoms with E-state index in [0.717, 1.165) is 15.9 Å². The maximum Gasteiger partial charge on any atom is 0.100 e. The number of aromatic nitrogens is 3. The van der Waals surface area contributed by atoms with Crippen molar-refractivity contribution in [2.24, 2.45) is 5.73 Å². The predicted octanol–water partition coefficient (Wildman–Crippen LogP) is 2.37. The summed E-state index contributed by atoms with van der Waals surface area (Å²) < 4.78 is 2.99. The number of nitrogens with zero attached hydrogens (tertiary/aromatic N) is 3. The summed E-state index contributed by atoms with van der Waals surface area (Å²) in [5, 5.41) is 8.39. The SMILES string of the molecule is NCc1nnn(-c2ccc(Br)cc2)c1C1CC1. The Bertz CT molecular complexity index is 528. The van der Waals surface area contributed by atoms with Crippen molar-refractivity contribution in [1.82, 2.24) is 15.0 Å². The van der Waals surface area contributed by atoms with E-state index in [0.29, 0.717) is 12.5 Å². The van der Waals surface area contributed by atoms with Gasteiger partial charge in [0.2, 0.25) is 0 Å². The highest BCUT2D eigenvalue weighted by atomic mass is 79.9. The molecule has 88 valence electrons. The summed E-state index contributed by atoms with van der Waals surface area (Å²) in [6.45, 7) is 0.461. The summed E-state index contributed by atoms with van der Waals surface area (Å²) in [4.78, 5) is 0. The Hall–Kier alpha value is -1.20. The maximum atomic E-state index is 5.71. The van der Waals surface area contributed by atoms with E-state index < -0.39 is 0 Å². The molecular formula is C12H13BrN4. The Labute approximate surface area is 108 Å². The second-order valence-corrected chi connectivity index (χ2v) is 5.20. The van der Waals surface area contributed by atoms with E-state index in [1.54, 1.807) is 0 Å². The average Bonchev–Trinajstić information content (AvgIpc) is 3.10. The normalized spacial score (nSPS) is 15.2. The maximum absolute atomic E-state index is 5.71. The van der Waals surface area contributed by atoms with Crippen molar-refractivity contribution in [3.63, 3.8) is 0 Å². The van der Waals surface area contributed by atoms with Crippen molar-refractivity contribution < 1.29 is 0 Å². The van der Waals surface area contributed by atoms with Gasteiger partial charge in [0.25, 0.3) is 0 Å². The minimum Gasteiger partial charge on any atom is -0.325 e. The molecule has 1 saturated carbocycles. The van der Waals surface area contributed by atoms with Gasteiger partial charge in [-0.25, -0.2) is 4.68 Å². The first kappa shape index (κ1) is 10.9. The van der Waals surface area contributed by atoms with Crippen molar-refractivity contribution in [3.8, 4) is 5.69 Å². The molecule has 0 aliphatic heterocycles. The summed E-state index contributed by atoms with van der Waals surface area (Å²) in [6, 6.07) is 8.08. The molecule has 17 heavy (non-hydrogen) atoms. The molecule has 0 unspecified atom stereocenters. The van der Waals surface area contributed by atoms with Crippen LogP contribution in [0, 0.1) is 0 Å². The van der Waals surface area contributed by atoms with Gasteiger partial charge in [0, 0.05) is 16.9 Å². The zero-order valence-electron chi connectivity index (χ0n) is 9.31. The number of rotatable bonds is 3. The van der Waals surface area contributed by atoms with Crippen LogP contribution in [0.25, 0.3) is 5.69 Å². The molecule has 0 radical (unpaired) electrons. The summed E-state index contributed by atoms with van der Waals surface area (Å²) in [6.07, 6.45) is 2.44. The van der Waals surface area contributed by atoms with Crippen LogP contribution in [0.2, 0.25) is 0 Å². The third-order valence-electron chi connectivity index (χ3n) is 3.01. The molecule has 0 atom stereocenters. The Morgan fingerprint density at radius 1 is 1.29 bits per heavy atom. The van der Waals surface area contributed by atoms with E-state index >= 15 is 0 Å². The Morgan fingerprint density at radius 2 is 2.00 bits per heavy atom. The molecule has 1 aromatic heterocycles. The lowest BCUT2D eigenvalue weighted by molar-refractivity contribution is 0.763. The van der Waals surface area contributed by atoms with Gasteiger partial charge < -0.3 is 5.73 Å². The summed E-state index contributed by atoms with van der Waals surface area (Å²) in [5.74, 6) is 0.590. The summed E-state index contributed by atoms with van der Waals surface area (Å²) in [7, 11) is 0. The third kappa shape index (κ3) is 2.00. The highest BCUT2D eigenvalue weighted by molar-refractivity contribution is 9.10. The van der Waals surface area contributed by atoms with Crippen LogP contribution in [0.15, 0.2) is 28.7 Å². The van der Waals surface area contributed by atoms with Crippen molar-refractivity contribution in [2.45, 2.75) is 25.3 Å². The first-order valence-corrected chi connectivity index (χ1v) is 6.49. The molecule has 0 saturated heterocycles. The number of halogens is 1. The van der Waals surface area contributed by atoms with Crippen LogP contribution in [0.5, 0.6) is 0 Å². The van der Waals surface area contributed by atoms with Crippen LogP contribution in [-0.4, -0.2) is 15.0 Å². The molecule has 0 bridgehead atoms. The Balaban J connectivity index is 2.07. The first-order valence-electron chi connectivity index (χ1n) is 5.70. The fraction of sp³-hybridized carbons (Fsp3) is 0.333. The zero-order valence-corrected chi connectivity index (χ0v) is 10.9. The molecule has 1 aliphatic carbocycles. The zero-order chi connectivity index (χ0) is 11.8. The topological polar surface area (TPSA) is 56.7 Å². The highest BCUT2D eigenvalue weighted by Crippen LogP contribution is 2.41. The number of hydrogen-bond donors (Lipinski definition) is 1. The quantitative estimate of drug-likeness (QED) is 0.945. The molecule has 1 aromatic carbocycles. The van der Waals surface area contributed by atoms with Crippen LogP contribution < -0.4 is 5.73 Å². The van der Waals surface area contributed by atoms with Crippen LogP contribution in [0.4, 0.5) is 0 Å². The van der Waals surface area contributed by atoms with E-state index in [9.17, 15) is 0 Å². The third-order valence-corrected chi connectivity index (χ3v) is 3.54. The van der Waals surface area contributed by atoms with Gasteiger partial charge in [-0.05, 0) is 37.1 Å². The van der Waals surface area contributed by atoms with Gasteiger partial charge in [-0.15, -0.1) is 5.10 Å². The van der Waals surface area contributed by atoms with Crippen molar-refractivity contribution >= 4 is 15.9 Å². The van der Waals surface area contributed by atoms with E-state index in [1.807, 2.05) is 28.9 Å². The van der Waals surface area contributed by atoms with Gasteiger partial charge in [-0.1, -0.05) is 21.1 Å². The average molecular weight is 293 g/mol. The van der Waals surface area contributed by atoms with E-state index in [-0.39, 0.29) is 0 Å². The number of benzene rings is 1. The minimum atomic E-state index is 0.461. The van der Waals surface area contributed by atoms with Crippen LogP contribution in [0.3, 0.4) is 0 Å². The summed E-state index contributed by atoms with van der Waals surface area (Å²) in [5.41, 5.74) is 8.87. The number of nitrogens with two attached hydrogens (primary N) is 1. The monoisotopic (exact) mass is 292 g/mol. The molecule has 2 aromatic rings. The van der Waals surface area contributed by atoms with E-state index in [4.69, 9.17) is 5.73 Å². The Morgan fingerprint density at radius 3 is 2.59 bits per heavy atom. The smallest absolute Gasteiger partial charge is 0.100 e. The second-order valence-electron chi connectivity index (χ2n) is 4.29. The van der Waals surface area contributed by atoms with Crippen LogP contribution >= 0.6 is 15.9 Å². The number of hydrogen-bond acceptors (Lipinski definition) is 3. The lowest BCUT2D eigenvalue weighted by Crippen LogP contribution is -2.04. The van der Waals surface area contributed by atoms with Gasteiger partial charge >= 0.3 is 0 Å². The molecule has 3 rings (SSSR count). The first-order chi connectivity index (χ1) is 8.29. The fourth-order valence-corrected chi connectivity index (χ4v) is 2.27. The van der Waals surface area contributed by atoms with Crippen molar-refractivity contribution in [1.29, 1.82) is 0 Å². The van der Waals surface area contributed by atoms with E-state index in [1.165, 1.54) is 18.5 Å². The lowest BCUT2D eigenvalue weighted by atomic mass is 10.2. The van der Waals surface area contributed by atoms with Gasteiger partial charge in [-0.2, -0.15) is 0 Å². The van der Waals surface area contributed by atoms with Gasteiger partial charge in [0.1, 0.15) is 5.69 Å². The van der Waals surface area contributed by atoms with Crippen LogP contribution in [0.1, 0.15) is 30.1 Å². The lowest BCUT2D eigenvalue weighted by Gasteiger charge is -2.06. The van der Waals surface area contributed by atoms with Crippen molar-refractivity contribution in [3.05, 3.63) is 40.1 Å². The largest absolute Gasteiger partial charge is 0.325 e. The molecule has 5 heteroatoms. The van der Waals surface area contributed by atoms with E-state index in [2.05, 4.69) is 26.2 Å². The predicted molar refractivity (Wildman–Crippen MR) is 68.9 cm³/mol. The molecule has 0 amide bonds. The molecule has 1 fully saturated rings. The molecule has 2 N–H and O–H groups in total. The molecule has 1 heterocycles. The van der Waals surface area contributed by atoms with Crippen LogP contribution in [-0.2, 0) is 6.54 Å². The molecular weight excluding hydrogens is 280 g/mol. The highest BCUT2D eigenvalue weighted by Gasteiger charge is 2.31. The standard InChI is InChI=1S/C12H13BrN4/c13-9-3-5-10(6-4-9)17-12(8-1-2-8)11(7-14)15-16-17/h3-6,8H,1-2,7,14H2. The van der Waals surface area contributed by atoms with Gasteiger partial charge in [-0.3, -0.25) is 0 Å². The second kappa shape index (κ2) is 4.23. The molecule has 1 aliphatic rings. The van der Waals surface area contributed by atoms with Gasteiger partial charge in [0.15, 0.2) is 0 Å². The van der Waals surface area contributed by atoms with Crippen molar-refractivity contribution in [2.75, 3.05) is 0 Å². The minimum absolute atomic E-state index is 0.461. The fourth-order valence-electron chi connectivity index (χ4n) is 2.00.